The van der Waals surface area contributed by atoms with Crippen LogP contribution in [0, 0.1) is 5.92 Å². The number of carbonyl (C=O) groups excluding carboxylic acids is 1. The molecule has 4 aliphatic heterocycles. The summed E-state index contributed by atoms with van der Waals surface area (Å²) in [7, 11) is 0. The summed E-state index contributed by atoms with van der Waals surface area (Å²) in [6.45, 7) is 6.50. The number of para-hydroxylation sites is 2. The van der Waals surface area contributed by atoms with E-state index in [0.29, 0.717) is 11.7 Å². The van der Waals surface area contributed by atoms with Gasteiger partial charge in [-0.05, 0) is 44.0 Å². The van der Waals surface area contributed by atoms with Crippen molar-refractivity contribution in [3.05, 3.63) is 54.3 Å². The first-order chi connectivity index (χ1) is 15.8. The fourth-order valence-electron chi connectivity index (χ4n) is 5.54. The molecule has 4 saturated heterocycles. The molecule has 7 rings (SSSR count). The third-order valence-corrected chi connectivity index (χ3v) is 7.29. The molecule has 2 bridgehead atoms. The van der Waals surface area contributed by atoms with Crippen LogP contribution in [0.1, 0.15) is 23.4 Å². The van der Waals surface area contributed by atoms with Crippen LogP contribution in [-0.4, -0.2) is 62.8 Å². The van der Waals surface area contributed by atoms with Crippen molar-refractivity contribution < 1.29 is 13.9 Å². The number of hydrogen-bond donors (Lipinski definition) is 1. The van der Waals surface area contributed by atoms with E-state index in [1.807, 2.05) is 18.2 Å². The third-order valence-electron chi connectivity index (χ3n) is 7.29. The molecule has 1 aromatic heterocycles. The molecule has 1 atom stereocenters. The van der Waals surface area contributed by atoms with Gasteiger partial charge in [-0.3, -0.25) is 4.79 Å². The summed E-state index contributed by atoms with van der Waals surface area (Å²) < 4.78 is 11.8. The van der Waals surface area contributed by atoms with Gasteiger partial charge in [-0.1, -0.05) is 36.4 Å². The predicted octanol–water partition coefficient (Wildman–Crippen LogP) is 3.76. The van der Waals surface area contributed by atoms with Crippen LogP contribution in [0.25, 0.3) is 22.1 Å². The van der Waals surface area contributed by atoms with Crippen molar-refractivity contribution in [2.45, 2.75) is 18.9 Å². The molecule has 1 N–H and O–H groups in total. The van der Waals surface area contributed by atoms with Crippen LogP contribution in [0.4, 0.5) is 5.69 Å². The number of hydrogen-bond acceptors (Lipinski definition) is 5. The second-order valence-corrected chi connectivity index (χ2v) is 9.17. The van der Waals surface area contributed by atoms with E-state index in [0.717, 1.165) is 68.0 Å². The average molecular weight is 432 g/mol. The molecule has 6 nitrogen and oxygen atoms in total. The fourth-order valence-corrected chi connectivity index (χ4v) is 5.54. The van der Waals surface area contributed by atoms with Crippen LogP contribution < -0.4 is 10.2 Å². The van der Waals surface area contributed by atoms with Gasteiger partial charge in [0.25, 0.3) is 5.91 Å². The van der Waals surface area contributed by atoms with Gasteiger partial charge < -0.3 is 24.3 Å². The van der Waals surface area contributed by atoms with E-state index in [9.17, 15) is 4.79 Å². The summed E-state index contributed by atoms with van der Waals surface area (Å²) >= 11 is 0. The van der Waals surface area contributed by atoms with Crippen LogP contribution in [0.2, 0.25) is 0 Å². The van der Waals surface area contributed by atoms with Crippen LogP contribution >= 0.6 is 0 Å². The lowest BCUT2D eigenvalue weighted by Gasteiger charge is -2.44. The Morgan fingerprint density at radius 1 is 0.938 bits per heavy atom. The lowest BCUT2D eigenvalue weighted by Crippen LogP contribution is -2.57. The molecule has 32 heavy (non-hydrogen) atoms. The maximum absolute atomic E-state index is 13.1. The lowest BCUT2D eigenvalue weighted by molar-refractivity contribution is 0.0607. The average Bonchev–Trinajstić information content (AvgIpc) is 3.30. The number of benzene rings is 2. The summed E-state index contributed by atoms with van der Waals surface area (Å²) in [6.07, 6.45) is 2.35. The van der Waals surface area contributed by atoms with Crippen molar-refractivity contribution in [1.82, 2.24) is 10.2 Å². The number of anilines is 1. The highest BCUT2D eigenvalue weighted by Crippen LogP contribution is 2.37. The number of ether oxygens (including phenoxy) is 1. The van der Waals surface area contributed by atoms with Gasteiger partial charge >= 0.3 is 0 Å². The maximum Gasteiger partial charge on any atom is 0.287 e. The van der Waals surface area contributed by atoms with Crippen molar-refractivity contribution in [2.24, 2.45) is 5.92 Å². The molecule has 3 aromatic rings. The number of morpholine rings is 1. The molecule has 1 unspecified atom stereocenters. The smallest absolute Gasteiger partial charge is 0.287 e. The van der Waals surface area contributed by atoms with Gasteiger partial charge in [-0.25, -0.2) is 0 Å². The molecule has 166 valence electrons. The highest BCUT2D eigenvalue weighted by molar-refractivity contribution is 6.01. The quantitative estimate of drug-likeness (QED) is 0.682. The van der Waals surface area contributed by atoms with Crippen molar-refractivity contribution in [1.29, 1.82) is 0 Å². The molecule has 4 fully saturated rings. The van der Waals surface area contributed by atoms with Gasteiger partial charge in [-0.2, -0.15) is 0 Å². The van der Waals surface area contributed by atoms with E-state index in [1.54, 1.807) is 0 Å². The van der Waals surface area contributed by atoms with Crippen LogP contribution in [0.3, 0.4) is 0 Å². The summed E-state index contributed by atoms with van der Waals surface area (Å²) in [6, 6.07) is 16.7. The molecule has 0 radical (unpaired) electrons. The standard InChI is InChI=1S/C26H29N3O3/c30-26(27-22-17-28-10-8-18(22)9-11-28)24-16-19-4-3-6-21(25(19)32-24)20-5-1-2-7-23(20)29-12-14-31-15-13-29/h1-7,16,18,22H,8-15,17H2,(H,27,30). The molecule has 5 heterocycles. The first-order valence-electron chi connectivity index (χ1n) is 11.7. The first-order valence-corrected chi connectivity index (χ1v) is 11.7. The summed E-state index contributed by atoms with van der Waals surface area (Å²) in [4.78, 5) is 17.9. The van der Waals surface area contributed by atoms with Crippen molar-refractivity contribution in [2.75, 3.05) is 50.8 Å². The van der Waals surface area contributed by atoms with Crippen molar-refractivity contribution in [3.63, 3.8) is 0 Å². The van der Waals surface area contributed by atoms with Gasteiger partial charge in [0.1, 0.15) is 5.58 Å². The van der Waals surface area contributed by atoms with E-state index in [2.05, 4.69) is 45.4 Å². The Kier molecular flexibility index (Phi) is 5.12. The maximum atomic E-state index is 13.1. The second kappa shape index (κ2) is 8.26. The zero-order valence-electron chi connectivity index (χ0n) is 18.3. The number of fused-ring (bicyclic) bond motifs is 4. The van der Waals surface area contributed by atoms with Crippen molar-refractivity contribution in [3.8, 4) is 11.1 Å². The van der Waals surface area contributed by atoms with Crippen LogP contribution in [0.5, 0.6) is 0 Å². The molecule has 0 spiro atoms. The molecule has 4 aliphatic rings. The van der Waals surface area contributed by atoms with E-state index in [4.69, 9.17) is 9.15 Å². The Bertz CT molecular complexity index is 1130. The molecular weight excluding hydrogens is 402 g/mol. The Morgan fingerprint density at radius 3 is 2.50 bits per heavy atom. The van der Waals surface area contributed by atoms with Crippen LogP contribution in [-0.2, 0) is 4.74 Å². The number of nitrogens with zero attached hydrogens (tertiary/aromatic N) is 2. The zero-order chi connectivity index (χ0) is 21.5. The Balaban J connectivity index is 1.31. The Morgan fingerprint density at radius 2 is 1.72 bits per heavy atom. The Labute approximate surface area is 188 Å². The minimum Gasteiger partial charge on any atom is -0.450 e. The molecule has 6 heteroatoms. The Hall–Kier alpha value is -2.83. The van der Waals surface area contributed by atoms with Gasteiger partial charge in [0, 0.05) is 47.9 Å². The predicted molar refractivity (Wildman–Crippen MR) is 125 cm³/mol. The van der Waals surface area contributed by atoms with E-state index in [-0.39, 0.29) is 11.9 Å². The highest BCUT2D eigenvalue weighted by Gasteiger charge is 2.35. The van der Waals surface area contributed by atoms with E-state index >= 15 is 0 Å². The molecule has 2 aromatic carbocycles. The van der Waals surface area contributed by atoms with E-state index < -0.39 is 0 Å². The number of nitrogens with one attached hydrogen (secondary N) is 1. The molecule has 1 amide bonds. The normalized spacial score (nSPS) is 25.2. The van der Waals surface area contributed by atoms with Gasteiger partial charge in [0.05, 0.1) is 13.2 Å². The van der Waals surface area contributed by atoms with Crippen molar-refractivity contribution >= 4 is 22.6 Å². The molecule has 0 aliphatic carbocycles. The molecular formula is C26H29N3O3. The van der Waals surface area contributed by atoms with Gasteiger partial charge in [-0.15, -0.1) is 0 Å². The first kappa shape index (κ1) is 19.8. The SMILES string of the molecule is O=C(NC1CN2CCC1CC2)c1cc2cccc(-c3ccccc3N3CCOCC3)c2o1. The number of amides is 1. The topological polar surface area (TPSA) is 58.0 Å². The minimum atomic E-state index is -0.104. The monoisotopic (exact) mass is 431 g/mol. The van der Waals surface area contributed by atoms with Crippen LogP contribution in [0.15, 0.2) is 52.9 Å². The summed E-state index contributed by atoms with van der Waals surface area (Å²) in [5.74, 6) is 0.879. The summed E-state index contributed by atoms with van der Waals surface area (Å²) in [5, 5.41) is 4.21. The summed E-state index contributed by atoms with van der Waals surface area (Å²) in [5.41, 5.74) is 4.09. The van der Waals surface area contributed by atoms with Gasteiger partial charge in [0.2, 0.25) is 0 Å². The third kappa shape index (κ3) is 3.57. The number of rotatable bonds is 4. The minimum absolute atomic E-state index is 0.104. The second-order valence-electron chi connectivity index (χ2n) is 9.17. The number of carbonyl (C=O) groups is 1. The lowest BCUT2D eigenvalue weighted by atomic mass is 9.84. The van der Waals surface area contributed by atoms with E-state index in [1.165, 1.54) is 18.5 Å². The largest absolute Gasteiger partial charge is 0.450 e. The molecule has 0 saturated carbocycles. The fraction of sp³-hybridized carbons (Fsp3) is 0.423. The van der Waals surface area contributed by atoms with Gasteiger partial charge in [0.15, 0.2) is 5.76 Å². The zero-order valence-corrected chi connectivity index (χ0v) is 18.3. The highest BCUT2D eigenvalue weighted by atomic mass is 16.5. The number of furan rings is 1. The number of piperidine rings is 3.